The number of methoxy groups -OCH3 is 1. The topological polar surface area (TPSA) is 173 Å². The third-order valence-electron chi connectivity index (χ3n) is 9.06. The number of amides is 3. The third kappa shape index (κ3) is 6.44. The van der Waals surface area contributed by atoms with Crippen molar-refractivity contribution in [1.82, 2.24) is 19.9 Å². The molecule has 0 spiro atoms. The number of nitrogens with zero attached hydrogens (tertiary/aromatic N) is 2. The van der Waals surface area contributed by atoms with E-state index in [0.29, 0.717) is 46.3 Å². The largest absolute Gasteiger partial charge is 0.495 e. The highest BCUT2D eigenvalue weighted by atomic mass is 79.9. The Labute approximate surface area is 281 Å². The molecule has 2 aromatic rings. The second-order valence-corrected chi connectivity index (χ2v) is 15.5. The molecule has 1 aliphatic heterocycles. The van der Waals surface area contributed by atoms with Crippen LogP contribution in [0.5, 0.6) is 17.4 Å². The maximum Gasteiger partial charge on any atom is 0.259 e. The van der Waals surface area contributed by atoms with Gasteiger partial charge in [0, 0.05) is 23.8 Å². The summed E-state index contributed by atoms with van der Waals surface area (Å²) >= 11 is 3.53. The fourth-order valence-corrected chi connectivity index (χ4v) is 7.61. The number of sulfonamides is 1. The Morgan fingerprint density at radius 2 is 1.98 bits per heavy atom. The standard InChI is InChI=1S/C32H39BrN4O9S/c1-7-18-15-32(18,30(41)36-47(42,43)31(5)11-12-31)35-28(39)21-13-19(16-37(21)29(40)27(38)17(3)4)46-23-14-24(45-8-2)34-26-20(23)9-10-22(44-6)25(26)33/h7,9-10,14,18-19,21,27,38H,1,3,8,11-13,15-16H2,2,4-6H3,(H,35,39)(H,36,41)/t18?,19-,21+,27+,32-/m1/s1. The number of aliphatic hydroxyl groups excluding tert-OH is 1. The number of carbonyl (C=O) groups excluding carboxylic acids is 3. The maximum atomic E-state index is 13.9. The van der Waals surface area contributed by atoms with Crippen LogP contribution in [-0.4, -0.2) is 89.9 Å². The normalized spacial score (nSPS) is 25.0. The van der Waals surface area contributed by atoms with Crippen molar-refractivity contribution in [1.29, 1.82) is 0 Å². The predicted octanol–water partition coefficient (Wildman–Crippen LogP) is 2.75. The first-order chi connectivity index (χ1) is 22.1. The van der Waals surface area contributed by atoms with Crippen LogP contribution in [0.1, 0.15) is 46.5 Å². The lowest BCUT2D eigenvalue weighted by molar-refractivity contribution is -0.144. The summed E-state index contributed by atoms with van der Waals surface area (Å²) in [4.78, 5) is 46.6. The predicted molar refractivity (Wildman–Crippen MR) is 176 cm³/mol. The quantitative estimate of drug-likeness (QED) is 0.260. The summed E-state index contributed by atoms with van der Waals surface area (Å²) in [5.74, 6) is -1.63. The lowest BCUT2D eigenvalue weighted by Gasteiger charge is -2.28. The average Bonchev–Trinajstić information content (AvgIpc) is 3.91. The van der Waals surface area contributed by atoms with Crippen LogP contribution < -0.4 is 24.2 Å². The highest BCUT2D eigenvalue weighted by molar-refractivity contribution is 9.10. The van der Waals surface area contributed by atoms with Crippen molar-refractivity contribution in [2.45, 2.75) is 75.0 Å². The first-order valence-corrected chi connectivity index (χ1v) is 17.5. The number of benzene rings is 1. The molecule has 13 nitrogen and oxygen atoms in total. The Kier molecular flexibility index (Phi) is 9.38. The molecule has 5 atom stereocenters. The maximum absolute atomic E-state index is 13.9. The lowest BCUT2D eigenvalue weighted by Crippen LogP contribution is -2.57. The second kappa shape index (κ2) is 12.7. The van der Waals surface area contributed by atoms with E-state index in [1.165, 1.54) is 25.0 Å². The molecule has 0 bridgehead atoms. The number of aromatic nitrogens is 1. The summed E-state index contributed by atoms with van der Waals surface area (Å²) in [5.41, 5.74) is -0.866. The zero-order valence-corrected chi connectivity index (χ0v) is 29.1. The number of carbonyl (C=O) groups is 3. The summed E-state index contributed by atoms with van der Waals surface area (Å²) in [5, 5.41) is 14.0. The summed E-state index contributed by atoms with van der Waals surface area (Å²) in [6, 6.07) is 3.96. The molecule has 1 unspecified atom stereocenters. The van der Waals surface area contributed by atoms with Gasteiger partial charge < -0.3 is 29.5 Å². The number of hydrogen-bond acceptors (Lipinski definition) is 10. The van der Waals surface area contributed by atoms with Gasteiger partial charge in [-0.1, -0.05) is 12.7 Å². The number of nitrogens with one attached hydrogen (secondary N) is 2. The molecule has 254 valence electrons. The van der Waals surface area contributed by atoms with Crippen LogP contribution in [0.3, 0.4) is 0 Å². The molecule has 1 aromatic carbocycles. The molecule has 3 aliphatic rings. The van der Waals surface area contributed by atoms with Gasteiger partial charge in [-0.3, -0.25) is 19.1 Å². The van der Waals surface area contributed by atoms with E-state index in [1.807, 2.05) is 6.92 Å². The van der Waals surface area contributed by atoms with Gasteiger partial charge in [0.25, 0.3) is 11.8 Å². The minimum absolute atomic E-state index is 0.00157. The van der Waals surface area contributed by atoms with E-state index >= 15 is 0 Å². The first-order valence-electron chi connectivity index (χ1n) is 15.2. The van der Waals surface area contributed by atoms with E-state index in [0.717, 1.165) is 0 Å². The molecule has 2 heterocycles. The third-order valence-corrected chi connectivity index (χ3v) is 12.0. The number of hydrogen-bond donors (Lipinski definition) is 3. The molecule has 2 saturated carbocycles. The molecular weight excluding hydrogens is 696 g/mol. The van der Waals surface area contributed by atoms with Crippen LogP contribution in [0, 0.1) is 5.92 Å². The summed E-state index contributed by atoms with van der Waals surface area (Å²) < 4.78 is 44.9. The Balaban J connectivity index is 1.44. The highest BCUT2D eigenvalue weighted by Crippen LogP contribution is 2.47. The molecule has 0 radical (unpaired) electrons. The molecule has 2 aliphatic carbocycles. The average molecular weight is 736 g/mol. The SMILES string of the molecule is C=CC1C[C@]1(NC(=O)[C@@H]1C[C@@H](Oc2cc(OCC)nc3c(Br)c(OC)ccc23)CN1C(=O)[C@@H](O)C(=C)C)C(=O)NS(=O)(=O)C1(C)CC1. The molecule has 47 heavy (non-hydrogen) atoms. The molecule has 1 aromatic heterocycles. The fourth-order valence-electron chi connectivity index (χ4n) is 5.70. The van der Waals surface area contributed by atoms with Crippen LogP contribution in [0.2, 0.25) is 0 Å². The molecular formula is C32H39BrN4O9S. The van der Waals surface area contributed by atoms with Crippen molar-refractivity contribution in [3.63, 3.8) is 0 Å². The van der Waals surface area contributed by atoms with E-state index in [4.69, 9.17) is 14.2 Å². The Bertz CT molecular complexity index is 1760. The molecule has 1 saturated heterocycles. The number of likely N-dealkylation sites (tertiary alicyclic amines) is 1. The number of pyridine rings is 1. The highest BCUT2D eigenvalue weighted by Gasteiger charge is 2.63. The Morgan fingerprint density at radius 3 is 2.55 bits per heavy atom. The van der Waals surface area contributed by atoms with E-state index in [9.17, 15) is 27.9 Å². The number of ether oxygens (including phenoxy) is 3. The van der Waals surface area contributed by atoms with Crippen LogP contribution in [-0.2, 0) is 24.4 Å². The van der Waals surface area contributed by atoms with E-state index in [2.05, 4.69) is 44.1 Å². The number of fused-ring (bicyclic) bond motifs is 1. The molecule has 3 fully saturated rings. The van der Waals surface area contributed by atoms with Gasteiger partial charge in [0.05, 0.1) is 35.0 Å². The van der Waals surface area contributed by atoms with Crippen LogP contribution in [0.25, 0.3) is 10.9 Å². The van der Waals surface area contributed by atoms with Gasteiger partial charge in [0.15, 0.2) is 6.10 Å². The van der Waals surface area contributed by atoms with Gasteiger partial charge >= 0.3 is 0 Å². The van der Waals surface area contributed by atoms with Gasteiger partial charge in [0.1, 0.15) is 29.2 Å². The van der Waals surface area contributed by atoms with E-state index < -0.39 is 62.2 Å². The number of rotatable bonds is 13. The van der Waals surface area contributed by atoms with Crippen molar-refractivity contribution in [3.8, 4) is 17.4 Å². The zero-order valence-electron chi connectivity index (χ0n) is 26.7. The molecule has 15 heteroatoms. The second-order valence-electron chi connectivity index (χ2n) is 12.5. The van der Waals surface area contributed by atoms with Gasteiger partial charge in [-0.25, -0.2) is 13.4 Å². The van der Waals surface area contributed by atoms with Crippen molar-refractivity contribution < 1.29 is 42.1 Å². The monoisotopic (exact) mass is 734 g/mol. The summed E-state index contributed by atoms with van der Waals surface area (Å²) in [6.07, 6.45) is 0.153. The van der Waals surface area contributed by atoms with Crippen molar-refractivity contribution >= 4 is 54.6 Å². The van der Waals surface area contributed by atoms with Crippen LogP contribution in [0.15, 0.2) is 47.5 Å². The Hall–Kier alpha value is -3.69. The minimum atomic E-state index is -3.98. The van der Waals surface area contributed by atoms with Gasteiger partial charge in [0.2, 0.25) is 21.8 Å². The molecule has 3 N–H and O–H groups in total. The Morgan fingerprint density at radius 1 is 1.28 bits per heavy atom. The number of halogens is 1. The van der Waals surface area contributed by atoms with Crippen molar-refractivity contribution in [2.75, 3.05) is 20.3 Å². The van der Waals surface area contributed by atoms with Gasteiger partial charge in [-0.15, -0.1) is 6.58 Å². The summed E-state index contributed by atoms with van der Waals surface area (Å²) in [6.45, 7) is 12.5. The summed E-state index contributed by atoms with van der Waals surface area (Å²) in [7, 11) is -2.45. The fraction of sp³-hybridized carbons (Fsp3) is 0.500. The lowest BCUT2D eigenvalue weighted by atomic mass is 10.1. The van der Waals surface area contributed by atoms with Crippen LogP contribution in [0.4, 0.5) is 0 Å². The molecule has 3 amide bonds. The van der Waals surface area contributed by atoms with Gasteiger partial charge in [-0.2, -0.15) is 0 Å². The van der Waals surface area contributed by atoms with E-state index in [1.54, 1.807) is 25.1 Å². The van der Waals surface area contributed by atoms with Crippen molar-refractivity contribution in [3.05, 3.63) is 47.5 Å². The van der Waals surface area contributed by atoms with Crippen LogP contribution >= 0.6 is 15.9 Å². The number of aliphatic hydroxyl groups is 1. The van der Waals surface area contributed by atoms with E-state index in [-0.39, 0.29) is 30.8 Å². The zero-order chi connectivity index (χ0) is 34.5. The minimum Gasteiger partial charge on any atom is -0.495 e. The first kappa shape index (κ1) is 34.6. The van der Waals surface area contributed by atoms with Gasteiger partial charge in [-0.05, 0) is 73.7 Å². The smallest absolute Gasteiger partial charge is 0.259 e. The van der Waals surface area contributed by atoms with Crippen molar-refractivity contribution in [2.24, 2.45) is 5.92 Å². The molecule has 5 rings (SSSR count).